The van der Waals surface area contributed by atoms with Crippen LogP contribution in [0, 0.1) is 11.8 Å². The van der Waals surface area contributed by atoms with Crippen LogP contribution in [0.4, 0.5) is 13.2 Å². The van der Waals surface area contributed by atoms with Crippen molar-refractivity contribution in [3.05, 3.63) is 35.9 Å². The van der Waals surface area contributed by atoms with Crippen molar-refractivity contribution in [3.8, 4) is 0 Å². The molecule has 1 heterocycles. The average Bonchev–Trinajstić information content (AvgIpc) is 2.60. The monoisotopic (exact) mass is 369 g/mol. The van der Waals surface area contributed by atoms with E-state index < -0.39 is 18.0 Å². The number of nitrogens with zero attached hydrogens (tertiary/aromatic N) is 1. The third-order valence-corrected chi connectivity index (χ3v) is 5.45. The fraction of sp³-hybridized carbons (Fsp3) is 0.650. The molecule has 1 aliphatic heterocycles. The minimum atomic E-state index is -4.18. The molecule has 144 valence electrons. The number of carbonyl (C=O) groups excluding carboxylic acids is 1. The molecule has 1 aromatic rings. The summed E-state index contributed by atoms with van der Waals surface area (Å²) in [6.07, 6.45) is -1.13. The molecule has 2 atom stereocenters. The van der Waals surface area contributed by atoms with E-state index >= 15 is 0 Å². The van der Waals surface area contributed by atoms with Crippen LogP contribution >= 0.6 is 0 Å². The standard InChI is InChI=1S/C20H26F3NO2/c21-20(22,23)17-10-4-9-16(12-17)19(25)24-13-18(14-24)26-11-5-8-15-6-2-1-3-7-15/h1-3,6-7,16-18H,4-5,8-14H2/t16-,17-/m0/s1. The summed E-state index contributed by atoms with van der Waals surface area (Å²) in [5.41, 5.74) is 1.28. The summed E-state index contributed by atoms with van der Waals surface area (Å²) in [4.78, 5) is 14.1. The lowest BCUT2D eigenvalue weighted by Gasteiger charge is -2.42. The number of benzene rings is 1. The molecule has 1 saturated heterocycles. The van der Waals surface area contributed by atoms with Crippen LogP contribution in [0.25, 0.3) is 0 Å². The van der Waals surface area contributed by atoms with Crippen LogP contribution in [0.5, 0.6) is 0 Å². The van der Waals surface area contributed by atoms with Crippen LogP contribution in [0.2, 0.25) is 0 Å². The molecule has 1 saturated carbocycles. The van der Waals surface area contributed by atoms with Crippen molar-refractivity contribution < 1.29 is 22.7 Å². The van der Waals surface area contributed by atoms with Crippen LogP contribution in [0.15, 0.2) is 30.3 Å². The van der Waals surface area contributed by atoms with Crippen molar-refractivity contribution in [1.82, 2.24) is 4.90 Å². The van der Waals surface area contributed by atoms with E-state index in [0.717, 1.165) is 12.8 Å². The molecular formula is C20H26F3NO2. The lowest BCUT2D eigenvalue weighted by molar-refractivity contribution is -0.188. The van der Waals surface area contributed by atoms with E-state index in [2.05, 4.69) is 12.1 Å². The third-order valence-electron chi connectivity index (χ3n) is 5.45. The Kier molecular flexibility index (Phi) is 6.22. The zero-order valence-corrected chi connectivity index (χ0v) is 14.9. The van der Waals surface area contributed by atoms with Gasteiger partial charge in [0.15, 0.2) is 0 Å². The summed E-state index contributed by atoms with van der Waals surface area (Å²) < 4.78 is 44.4. The van der Waals surface area contributed by atoms with Crippen LogP contribution in [0.1, 0.15) is 37.7 Å². The molecule has 26 heavy (non-hydrogen) atoms. The van der Waals surface area contributed by atoms with Gasteiger partial charge in [-0.05, 0) is 37.7 Å². The second-order valence-corrected chi connectivity index (χ2v) is 7.43. The Labute approximate surface area is 152 Å². The van der Waals surface area contributed by atoms with Crippen LogP contribution < -0.4 is 0 Å². The maximum Gasteiger partial charge on any atom is 0.391 e. The van der Waals surface area contributed by atoms with Gasteiger partial charge in [0, 0.05) is 25.6 Å². The van der Waals surface area contributed by atoms with Gasteiger partial charge in [-0.15, -0.1) is 0 Å². The largest absolute Gasteiger partial charge is 0.391 e. The molecule has 3 rings (SSSR count). The van der Waals surface area contributed by atoms with E-state index in [0.29, 0.717) is 32.5 Å². The maximum atomic E-state index is 12.9. The summed E-state index contributed by atoms with van der Waals surface area (Å²) >= 11 is 0. The molecule has 0 bridgehead atoms. The van der Waals surface area contributed by atoms with E-state index in [1.165, 1.54) is 5.56 Å². The van der Waals surface area contributed by atoms with Gasteiger partial charge in [-0.1, -0.05) is 36.8 Å². The van der Waals surface area contributed by atoms with E-state index in [9.17, 15) is 18.0 Å². The Morgan fingerprint density at radius 1 is 1.15 bits per heavy atom. The first-order valence-corrected chi connectivity index (χ1v) is 9.44. The highest BCUT2D eigenvalue weighted by molar-refractivity contribution is 5.79. The van der Waals surface area contributed by atoms with Crippen molar-refractivity contribution >= 4 is 5.91 Å². The number of hydrogen-bond acceptors (Lipinski definition) is 2. The van der Waals surface area contributed by atoms with Crippen molar-refractivity contribution in [2.24, 2.45) is 11.8 Å². The molecule has 1 aliphatic carbocycles. The number of likely N-dealkylation sites (tertiary alicyclic amines) is 1. The first kappa shape index (κ1) is 19.2. The van der Waals surface area contributed by atoms with Gasteiger partial charge in [0.1, 0.15) is 0 Å². The number of rotatable bonds is 6. The van der Waals surface area contributed by atoms with Crippen LogP contribution in [-0.4, -0.2) is 42.8 Å². The Bertz CT molecular complexity index is 584. The van der Waals surface area contributed by atoms with Gasteiger partial charge in [0.25, 0.3) is 0 Å². The molecule has 0 aromatic heterocycles. The SMILES string of the molecule is O=C([C@H]1CCC[C@H](C(F)(F)F)C1)N1CC(OCCCc2ccccc2)C1. The predicted octanol–water partition coefficient (Wildman–Crippen LogP) is 4.22. The van der Waals surface area contributed by atoms with Gasteiger partial charge in [0.05, 0.1) is 12.0 Å². The molecule has 0 unspecified atom stereocenters. The number of alkyl halides is 3. The normalized spacial score (nSPS) is 24.3. The summed E-state index contributed by atoms with van der Waals surface area (Å²) in [5.74, 6) is -1.92. The molecule has 1 amide bonds. The zero-order chi connectivity index (χ0) is 18.6. The smallest absolute Gasteiger partial charge is 0.375 e. The minimum absolute atomic E-state index is 0.0247. The highest BCUT2D eigenvalue weighted by Gasteiger charge is 2.45. The average molecular weight is 369 g/mol. The molecule has 0 spiro atoms. The maximum absolute atomic E-state index is 12.9. The van der Waals surface area contributed by atoms with Gasteiger partial charge >= 0.3 is 6.18 Å². The number of carbonyl (C=O) groups is 1. The van der Waals surface area contributed by atoms with Gasteiger partial charge < -0.3 is 9.64 Å². The Hall–Kier alpha value is -1.56. The molecule has 0 radical (unpaired) electrons. The second kappa shape index (κ2) is 8.42. The molecule has 3 nitrogen and oxygen atoms in total. The summed E-state index contributed by atoms with van der Waals surface area (Å²) in [6, 6.07) is 10.2. The van der Waals surface area contributed by atoms with Crippen LogP contribution in [0.3, 0.4) is 0 Å². The first-order chi connectivity index (χ1) is 12.4. The Morgan fingerprint density at radius 2 is 1.88 bits per heavy atom. The van der Waals surface area contributed by atoms with Crippen LogP contribution in [-0.2, 0) is 16.0 Å². The zero-order valence-electron chi connectivity index (χ0n) is 14.9. The third kappa shape index (κ3) is 5.00. The van der Waals surface area contributed by atoms with Crippen molar-refractivity contribution in [2.45, 2.75) is 50.8 Å². The fourth-order valence-electron chi connectivity index (χ4n) is 3.86. The highest BCUT2D eigenvalue weighted by Crippen LogP contribution is 2.40. The van der Waals surface area contributed by atoms with Gasteiger partial charge in [0.2, 0.25) is 5.91 Å². The lowest BCUT2D eigenvalue weighted by Crippen LogP contribution is -2.57. The predicted molar refractivity (Wildman–Crippen MR) is 92.6 cm³/mol. The highest BCUT2D eigenvalue weighted by atomic mass is 19.4. The van der Waals surface area contributed by atoms with E-state index in [4.69, 9.17) is 4.74 Å². The van der Waals surface area contributed by atoms with E-state index in [1.54, 1.807) is 4.90 Å². The van der Waals surface area contributed by atoms with Gasteiger partial charge in [-0.25, -0.2) is 0 Å². The number of aryl methyl sites for hydroxylation is 1. The first-order valence-electron chi connectivity index (χ1n) is 9.44. The molecular weight excluding hydrogens is 343 g/mol. The van der Waals surface area contributed by atoms with Crippen molar-refractivity contribution in [1.29, 1.82) is 0 Å². The quantitative estimate of drug-likeness (QED) is 0.703. The topological polar surface area (TPSA) is 29.5 Å². The minimum Gasteiger partial charge on any atom is -0.375 e. The van der Waals surface area contributed by atoms with Crippen molar-refractivity contribution in [2.75, 3.05) is 19.7 Å². The van der Waals surface area contributed by atoms with Gasteiger partial charge in [-0.3, -0.25) is 4.79 Å². The molecule has 2 aliphatic rings. The molecule has 1 aromatic carbocycles. The van der Waals surface area contributed by atoms with Gasteiger partial charge in [-0.2, -0.15) is 13.2 Å². The summed E-state index contributed by atoms with van der Waals surface area (Å²) in [6.45, 7) is 1.66. The summed E-state index contributed by atoms with van der Waals surface area (Å²) in [5, 5.41) is 0. The Morgan fingerprint density at radius 3 is 2.58 bits per heavy atom. The number of hydrogen-bond donors (Lipinski definition) is 0. The number of amides is 1. The second-order valence-electron chi connectivity index (χ2n) is 7.43. The van der Waals surface area contributed by atoms with E-state index in [1.807, 2.05) is 18.2 Å². The fourth-order valence-corrected chi connectivity index (χ4v) is 3.86. The molecule has 6 heteroatoms. The summed E-state index contributed by atoms with van der Waals surface area (Å²) in [7, 11) is 0. The Balaban J connectivity index is 1.33. The molecule has 0 N–H and O–H groups in total. The van der Waals surface area contributed by atoms with E-state index in [-0.39, 0.29) is 24.9 Å². The molecule has 2 fully saturated rings. The lowest BCUT2D eigenvalue weighted by atomic mass is 9.80. The number of halogens is 3. The number of ether oxygens (including phenoxy) is 1. The van der Waals surface area contributed by atoms with Crippen molar-refractivity contribution in [3.63, 3.8) is 0 Å².